The topological polar surface area (TPSA) is 118 Å². The fourth-order valence-corrected chi connectivity index (χ4v) is 2.15. The summed E-state index contributed by atoms with van der Waals surface area (Å²) in [4.78, 5) is 27.8. The summed E-state index contributed by atoms with van der Waals surface area (Å²) < 4.78 is 5.43. The van der Waals surface area contributed by atoms with Crippen LogP contribution in [0.2, 0.25) is 0 Å². The maximum Gasteiger partial charge on any atom is 0.259 e. The minimum absolute atomic E-state index is 0.176. The predicted octanol–water partition coefficient (Wildman–Crippen LogP) is 1.63. The second kappa shape index (κ2) is 7.74. The Kier molecular flexibility index (Phi) is 5.47. The van der Waals surface area contributed by atoms with E-state index in [4.69, 9.17) is 10.5 Å². The molecule has 0 aliphatic heterocycles. The van der Waals surface area contributed by atoms with E-state index in [-0.39, 0.29) is 23.4 Å². The molecule has 2 amide bonds. The summed E-state index contributed by atoms with van der Waals surface area (Å²) >= 11 is 0. The lowest BCUT2D eigenvalue weighted by molar-refractivity contribution is -0.117. The molecule has 0 fully saturated rings. The number of carbonyl (C=O) groups excluding carboxylic acids is 2. The molecule has 0 saturated carbocycles. The molecule has 0 aliphatic rings. The quantitative estimate of drug-likeness (QED) is 0.837. The number of ether oxygens (including phenoxy) is 1. The van der Waals surface area contributed by atoms with E-state index in [0.717, 1.165) is 0 Å². The summed E-state index contributed by atoms with van der Waals surface area (Å²) in [6, 6.07) is 10.2. The van der Waals surface area contributed by atoms with E-state index in [1.165, 1.54) is 12.3 Å². The molecule has 1 aromatic carbocycles. The SMILES string of the molecule is CCOc1ccccc1C(=O)Nc1c(C#N)ccnc1CC(N)=O. The summed E-state index contributed by atoms with van der Waals surface area (Å²) in [6.07, 6.45) is 1.21. The summed E-state index contributed by atoms with van der Waals surface area (Å²) in [6.45, 7) is 2.22. The van der Waals surface area contributed by atoms with Crippen LogP contribution in [0, 0.1) is 11.3 Å². The number of nitrogens with two attached hydrogens (primary N) is 1. The largest absolute Gasteiger partial charge is 0.493 e. The Bertz CT molecular complexity index is 812. The minimum atomic E-state index is -0.609. The number of nitriles is 1. The van der Waals surface area contributed by atoms with Crippen molar-refractivity contribution in [3.63, 3.8) is 0 Å². The average Bonchev–Trinajstić information content (AvgIpc) is 2.56. The first-order chi connectivity index (χ1) is 11.6. The molecule has 0 unspecified atom stereocenters. The van der Waals surface area contributed by atoms with Crippen LogP contribution < -0.4 is 15.8 Å². The maximum absolute atomic E-state index is 12.6. The second-order valence-electron chi connectivity index (χ2n) is 4.82. The average molecular weight is 324 g/mol. The summed E-state index contributed by atoms with van der Waals surface area (Å²) in [7, 11) is 0. The first-order valence-corrected chi connectivity index (χ1v) is 7.26. The number of hydrogen-bond acceptors (Lipinski definition) is 5. The highest BCUT2D eigenvalue weighted by molar-refractivity contribution is 6.07. The van der Waals surface area contributed by atoms with Gasteiger partial charge >= 0.3 is 0 Å². The lowest BCUT2D eigenvalue weighted by Gasteiger charge is -2.13. The highest BCUT2D eigenvalue weighted by atomic mass is 16.5. The van der Waals surface area contributed by atoms with Gasteiger partial charge in [0.1, 0.15) is 11.8 Å². The van der Waals surface area contributed by atoms with Gasteiger partial charge in [0.05, 0.1) is 35.5 Å². The third-order valence-corrected chi connectivity index (χ3v) is 3.16. The number of hydrogen-bond donors (Lipinski definition) is 2. The first kappa shape index (κ1) is 17.0. The minimum Gasteiger partial charge on any atom is -0.493 e. The molecule has 2 rings (SSSR count). The van der Waals surface area contributed by atoms with Crippen LogP contribution in [0.1, 0.15) is 28.5 Å². The lowest BCUT2D eigenvalue weighted by atomic mass is 10.1. The number of benzene rings is 1. The Morgan fingerprint density at radius 2 is 2.08 bits per heavy atom. The molecule has 3 N–H and O–H groups in total. The van der Waals surface area contributed by atoms with Crippen molar-refractivity contribution in [2.75, 3.05) is 11.9 Å². The highest BCUT2D eigenvalue weighted by Crippen LogP contribution is 2.23. The van der Waals surface area contributed by atoms with E-state index in [9.17, 15) is 14.9 Å². The molecule has 0 bridgehead atoms. The number of nitrogens with one attached hydrogen (secondary N) is 1. The van der Waals surface area contributed by atoms with Crippen molar-refractivity contribution in [2.45, 2.75) is 13.3 Å². The number of rotatable bonds is 6. The zero-order chi connectivity index (χ0) is 17.5. The van der Waals surface area contributed by atoms with Gasteiger partial charge in [0.2, 0.25) is 5.91 Å². The molecule has 24 heavy (non-hydrogen) atoms. The molecule has 1 aromatic heterocycles. The molecule has 122 valence electrons. The Morgan fingerprint density at radius 1 is 1.33 bits per heavy atom. The van der Waals surface area contributed by atoms with Crippen molar-refractivity contribution in [2.24, 2.45) is 5.73 Å². The van der Waals surface area contributed by atoms with E-state index in [1.807, 2.05) is 13.0 Å². The van der Waals surface area contributed by atoms with Crippen LogP contribution >= 0.6 is 0 Å². The van der Waals surface area contributed by atoms with Crippen LogP contribution in [0.4, 0.5) is 5.69 Å². The number of pyridine rings is 1. The molecule has 0 atom stereocenters. The van der Waals surface area contributed by atoms with Crippen LogP contribution in [0.15, 0.2) is 36.5 Å². The Balaban J connectivity index is 2.39. The van der Waals surface area contributed by atoms with Crippen LogP contribution in [-0.4, -0.2) is 23.4 Å². The van der Waals surface area contributed by atoms with Crippen LogP contribution in [0.25, 0.3) is 0 Å². The maximum atomic E-state index is 12.6. The number of aromatic nitrogens is 1. The van der Waals surface area contributed by atoms with Crippen LogP contribution in [0.3, 0.4) is 0 Å². The Morgan fingerprint density at radius 3 is 2.75 bits per heavy atom. The van der Waals surface area contributed by atoms with Crippen LogP contribution in [0.5, 0.6) is 5.75 Å². The fraction of sp³-hybridized carbons (Fsp3) is 0.176. The summed E-state index contributed by atoms with van der Waals surface area (Å²) in [5.41, 5.74) is 6.13. The van der Waals surface area contributed by atoms with Gasteiger partial charge in [-0.25, -0.2) is 0 Å². The molecule has 1 heterocycles. The van der Waals surface area contributed by atoms with Crippen molar-refractivity contribution >= 4 is 17.5 Å². The van der Waals surface area contributed by atoms with Crippen molar-refractivity contribution in [3.05, 3.63) is 53.3 Å². The van der Waals surface area contributed by atoms with Crippen molar-refractivity contribution in [1.29, 1.82) is 5.26 Å². The number of primary amides is 1. The normalized spacial score (nSPS) is 9.83. The monoisotopic (exact) mass is 324 g/mol. The Labute approximate surface area is 139 Å². The smallest absolute Gasteiger partial charge is 0.259 e. The summed E-state index contributed by atoms with van der Waals surface area (Å²) in [5.74, 6) is -0.645. The van der Waals surface area contributed by atoms with Gasteiger partial charge in [-0.15, -0.1) is 0 Å². The molecular formula is C17H16N4O3. The molecule has 2 aromatic rings. The van der Waals surface area contributed by atoms with Crippen molar-refractivity contribution < 1.29 is 14.3 Å². The van der Waals surface area contributed by atoms with Crippen molar-refractivity contribution in [3.8, 4) is 11.8 Å². The van der Waals surface area contributed by atoms with E-state index in [2.05, 4.69) is 10.3 Å². The van der Waals surface area contributed by atoms with Gasteiger partial charge < -0.3 is 15.8 Å². The van der Waals surface area contributed by atoms with E-state index < -0.39 is 11.8 Å². The standard InChI is InChI=1S/C17H16N4O3/c1-2-24-14-6-4-3-5-12(14)17(23)21-16-11(10-18)7-8-20-13(16)9-15(19)22/h3-8H,2,9H2,1H3,(H2,19,22)(H,21,23). The van der Waals surface area contributed by atoms with Crippen molar-refractivity contribution in [1.82, 2.24) is 4.98 Å². The number of anilines is 1. The molecular weight excluding hydrogens is 308 g/mol. The van der Waals surface area contributed by atoms with Gasteiger partial charge in [0.15, 0.2) is 0 Å². The van der Waals surface area contributed by atoms with Gasteiger partial charge in [-0.05, 0) is 25.1 Å². The third kappa shape index (κ3) is 3.87. The second-order valence-corrected chi connectivity index (χ2v) is 4.82. The Hall–Kier alpha value is -3.40. The number of carbonyl (C=O) groups is 2. The van der Waals surface area contributed by atoms with Crippen LogP contribution in [-0.2, 0) is 11.2 Å². The van der Waals surface area contributed by atoms with Gasteiger partial charge in [-0.2, -0.15) is 5.26 Å². The van der Waals surface area contributed by atoms with Gasteiger partial charge in [-0.3, -0.25) is 14.6 Å². The van der Waals surface area contributed by atoms with E-state index >= 15 is 0 Å². The summed E-state index contributed by atoms with van der Waals surface area (Å²) in [5, 5.41) is 11.9. The molecule has 7 nitrogen and oxygen atoms in total. The number of nitrogens with zero attached hydrogens (tertiary/aromatic N) is 2. The van der Waals surface area contributed by atoms with E-state index in [0.29, 0.717) is 17.9 Å². The molecule has 0 radical (unpaired) electrons. The molecule has 7 heteroatoms. The lowest BCUT2D eigenvalue weighted by Crippen LogP contribution is -2.20. The molecule has 0 saturated heterocycles. The number of para-hydroxylation sites is 1. The molecule has 0 aliphatic carbocycles. The third-order valence-electron chi connectivity index (χ3n) is 3.16. The molecule has 0 spiro atoms. The number of amides is 2. The van der Waals surface area contributed by atoms with Gasteiger partial charge in [-0.1, -0.05) is 12.1 Å². The zero-order valence-electron chi connectivity index (χ0n) is 13.1. The highest BCUT2D eigenvalue weighted by Gasteiger charge is 2.18. The van der Waals surface area contributed by atoms with E-state index in [1.54, 1.807) is 24.3 Å². The predicted molar refractivity (Wildman–Crippen MR) is 87.4 cm³/mol. The van der Waals surface area contributed by atoms with Gasteiger partial charge in [0, 0.05) is 6.20 Å². The fourth-order valence-electron chi connectivity index (χ4n) is 2.15. The zero-order valence-corrected chi connectivity index (χ0v) is 13.1. The van der Waals surface area contributed by atoms with Gasteiger partial charge in [0.25, 0.3) is 5.91 Å². The first-order valence-electron chi connectivity index (χ1n) is 7.26.